The zero-order valence-corrected chi connectivity index (χ0v) is 8.66. The predicted octanol–water partition coefficient (Wildman–Crippen LogP) is 2.77. The van der Waals surface area contributed by atoms with E-state index in [4.69, 9.17) is 4.74 Å². The van der Waals surface area contributed by atoms with Crippen LogP contribution in [-0.4, -0.2) is 12.4 Å². The lowest BCUT2D eigenvalue weighted by Crippen LogP contribution is -2.12. The Labute approximate surface area is 89.6 Å². The predicted molar refractivity (Wildman–Crippen MR) is 59.4 cm³/mol. The summed E-state index contributed by atoms with van der Waals surface area (Å²) in [5.41, 5.74) is 1.90. The van der Waals surface area contributed by atoms with Crippen LogP contribution >= 0.6 is 0 Å². The van der Waals surface area contributed by atoms with Gasteiger partial charge in [0.2, 0.25) is 0 Å². The largest absolute Gasteiger partial charge is 0.489 e. The number of carbonyl (C=O) groups excluding carboxylic acids is 1. The number of rotatable bonds is 3. The first-order valence-electron chi connectivity index (χ1n) is 5.21. The molecule has 0 spiro atoms. The monoisotopic (exact) mass is 202 g/mol. The highest BCUT2D eigenvalue weighted by Gasteiger charge is 2.19. The zero-order valence-electron chi connectivity index (χ0n) is 8.66. The highest BCUT2D eigenvalue weighted by molar-refractivity contribution is 5.99. The lowest BCUT2D eigenvalue weighted by Gasteiger charge is -2.17. The van der Waals surface area contributed by atoms with Crippen LogP contribution in [0, 0.1) is 0 Å². The summed E-state index contributed by atoms with van der Waals surface area (Å²) >= 11 is 0. The Balaban J connectivity index is 2.35. The normalized spacial score (nSPS) is 14.5. The van der Waals surface area contributed by atoms with Crippen molar-refractivity contribution >= 4 is 5.78 Å². The highest BCUT2D eigenvalue weighted by Crippen LogP contribution is 2.29. The van der Waals surface area contributed by atoms with Gasteiger partial charge in [-0.1, -0.05) is 24.8 Å². The van der Waals surface area contributed by atoms with E-state index in [1.165, 1.54) is 0 Å². The summed E-state index contributed by atoms with van der Waals surface area (Å²) in [6.45, 7) is 4.10. The second-order valence-electron chi connectivity index (χ2n) is 3.66. The SMILES string of the molecule is C=CCOc1cccc2c1CCCC2=O. The standard InChI is InChI=1S/C13H14O2/c1-2-9-15-13-8-4-5-10-11(13)6-3-7-12(10)14/h2,4-5,8H,1,3,6-7,9H2. The van der Waals surface area contributed by atoms with Gasteiger partial charge in [-0.25, -0.2) is 0 Å². The van der Waals surface area contributed by atoms with Crippen molar-refractivity contribution in [1.29, 1.82) is 0 Å². The molecule has 0 atom stereocenters. The van der Waals surface area contributed by atoms with E-state index in [0.717, 1.165) is 29.7 Å². The molecule has 0 fully saturated rings. The van der Waals surface area contributed by atoms with Crippen LogP contribution in [0.4, 0.5) is 0 Å². The molecule has 0 unspecified atom stereocenters. The number of carbonyl (C=O) groups is 1. The van der Waals surface area contributed by atoms with Crippen LogP contribution in [0.3, 0.4) is 0 Å². The molecule has 0 radical (unpaired) electrons. The number of ether oxygens (including phenoxy) is 1. The molecule has 1 aliphatic carbocycles. The second-order valence-corrected chi connectivity index (χ2v) is 3.66. The maximum atomic E-state index is 11.6. The van der Waals surface area contributed by atoms with Crippen LogP contribution in [0.25, 0.3) is 0 Å². The quantitative estimate of drug-likeness (QED) is 0.704. The highest BCUT2D eigenvalue weighted by atomic mass is 16.5. The second kappa shape index (κ2) is 4.30. The van der Waals surface area contributed by atoms with Crippen LogP contribution in [0.15, 0.2) is 30.9 Å². The Hall–Kier alpha value is -1.57. The van der Waals surface area contributed by atoms with E-state index in [1.54, 1.807) is 6.08 Å². The fourth-order valence-corrected chi connectivity index (χ4v) is 1.93. The van der Waals surface area contributed by atoms with Crippen molar-refractivity contribution in [2.24, 2.45) is 0 Å². The maximum Gasteiger partial charge on any atom is 0.163 e. The van der Waals surface area contributed by atoms with Crippen LogP contribution in [0.5, 0.6) is 5.75 Å². The Morgan fingerprint density at radius 2 is 2.27 bits per heavy atom. The van der Waals surface area contributed by atoms with Crippen molar-refractivity contribution in [3.05, 3.63) is 42.0 Å². The molecule has 0 aromatic heterocycles. The Morgan fingerprint density at radius 3 is 3.07 bits per heavy atom. The summed E-state index contributed by atoms with van der Waals surface area (Å²) in [4.78, 5) is 11.6. The molecule has 2 heteroatoms. The molecule has 0 N–H and O–H groups in total. The van der Waals surface area contributed by atoms with E-state index >= 15 is 0 Å². The summed E-state index contributed by atoms with van der Waals surface area (Å²) in [7, 11) is 0. The van der Waals surface area contributed by atoms with E-state index in [9.17, 15) is 4.79 Å². The average Bonchev–Trinajstić information content (AvgIpc) is 2.27. The van der Waals surface area contributed by atoms with Gasteiger partial charge in [0.05, 0.1) is 0 Å². The first kappa shape index (κ1) is 9.97. The minimum absolute atomic E-state index is 0.236. The van der Waals surface area contributed by atoms with Gasteiger partial charge in [-0.05, 0) is 18.9 Å². The third-order valence-corrected chi connectivity index (χ3v) is 2.62. The lowest BCUT2D eigenvalue weighted by molar-refractivity contribution is 0.0971. The van der Waals surface area contributed by atoms with E-state index < -0.39 is 0 Å². The third-order valence-electron chi connectivity index (χ3n) is 2.62. The fraction of sp³-hybridized carbons (Fsp3) is 0.308. The molecule has 0 bridgehead atoms. The molecule has 1 aromatic carbocycles. The fourth-order valence-electron chi connectivity index (χ4n) is 1.93. The van der Waals surface area contributed by atoms with E-state index in [2.05, 4.69) is 6.58 Å². The van der Waals surface area contributed by atoms with Gasteiger partial charge >= 0.3 is 0 Å². The molecule has 2 rings (SSSR count). The minimum atomic E-state index is 0.236. The number of Topliss-reactive ketones (excluding diaryl/α,β-unsaturated/α-hetero) is 1. The molecular formula is C13H14O2. The number of fused-ring (bicyclic) bond motifs is 1. The smallest absolute Gasteiger partial charge is 0.163 e. The van der Waals surface area contributed by atoms with Gasteiger partial charge in [0, 0.05) is 17.5 Å². The average molecular weight is 202 g/mol. The molecule has 0 aliphatic heterocycles. The minimum Gasteiger partial charge on any atom is -0.489 e. The van der Waals surface area contributed by atoms with Crippen molar-refractivity contribution in [3.63, 3.8) is 0 Å². The van der Waals surface area contributed by atoms with Gasteiger partial charge in [0.25, 0.3) is 0 Å². The number of hydrogen-bond acceptors (Lipinski definition) is 2. The maximum absolute atomic E-state index is 11.6. The zero-order chi connectivity index (χ0) is 10.7. The molecule has 15 heavy (non-hydrogen) atoms. The van der Waals surface area contributed by atoms with Crippen molar-refractivity contribution < 1.29 is 9.53 Å². The molecule has 1 aliphatic rings. The van der Waals surface area contributed by atoms with Gasteiger partial charge in [0.15, 0.2) is 5.78 Å². The van der Waals surface area contributed by atoms with Gasteiger partial charge in [0.1, 0.15) is 12.4 Å². The molecule has 0 amide bonds. The van der Waals surface area contributed by atoms with E-state index in [1.807, 2.05) is 18.2 Å². The van der Waals surface area contributed by atoms with Crippen molar-refractivity contribution in [2.75, 3.05) is 6.61 Å². The molecule has 2 nitrogen and oxygen atoms in total. The van der Waals surface area contributed by atoms with Crippen LogP contribution < -0.4 is 4.74 Å². The summed E-state index contributed by atoms with van der Waals surface area (Å²) < 4.78 is 5.53. The van der Waals surface area contributed by atoms with Crippen LogP contribution in [-0.2, 0) is 6.42 Å². The number of ketones is 1. The first-order valence-corrected chi connectivity index (χ1v) is 5.21. The van der Waals surface area contributed by atoms with Crippen molar-refractivity contribution in [1.82, 2.24) is 0 Å². The Bertz CT molecular complexity index is 394. The van der Waals surface area contributed by atoms with Gasteiger partial charge in [-0.2, -0.15) is 0 Å². The van der Waals surface area contributed by atoms with E-state index in [-0.39, 0.29) is 5.78 Å². The summed E-state index contributed by atoms with van der Waals surface area (Å²) in [5.74, 6) is 1.07. The summed E-state index contributed by atoms with van der Waals surface area (Å²) in [5, 5.41) is 0. The van der Waals surface area contributed by atoms with E-state index in [0.29, 0.717) is 13.0 Å². The third kappa shape index (κ3) is 1.94. The van der Waals surface area contributed by atoms with Crippen molar-refractivity contribution in [2.45, 2.75) is 19.3 Å². The van der Waals surface area contributed by atoms with Crippen molar-refractivity contribution in [3.8, 4) is 5.75 Å². The molecule has 0 heterocycles. The van der Waals surface area contributed by atoms with Gasteiger partial charge in [-0.15, -0.1) is 0 Å². The van der Waals surface area contributed by atoms with Crippen LogP contribution in [0.2, 0.25) is 0 Å². The molecule has 1 aromatic rings. The first-order chi connectivity index (χ1) is 7.33. The van der Waals surface area contributed by atoms with Gasteiger partial charge < -0.3 is 4.74 Å². The molecule has 0 saturated heterocycles. The molecular weight excluding hydrogens is 188 g/mol. The number of hydrogen-bond donors (Lipinski definition) is 0. The van der Waals surface area contributed by atoms with Crippen LogP contribution in [0.1, 0.15) is 28.8 Å². The van der Waals surface area contributed by atoms with Gasteiger partial charge in [-0.3, -0.25) is 4.79 Å². The molecule has 0 saturated carbocycles. The Morgan fingerprint density at radius 1 is 1.40 bits per heavy atom. The summed E-state index contributed by atoms with van der Waals surface area (Å²) in [6, 6.07) is 5.68. The molecule has 78 valence electrons. The lowest BCUT2D eigenvalue weighted by atomic mass is 9.90. The topological polar surface area (TPSA) is 26.3 Å². The Kier molecular flexibility index (Phi) is 2.86. The summed E-state index contributed by atoms with van der Waals surface area (Å²) in [6.07, 6.45) is 4.25. The number of benzene rings is 1.